The van der Waals surface area contributed by atoms with Gasteiger partial charge in [-0.3, -0.25) is 0 Å². The van der Waals surface area contributed by atoms with E-state index in [1.807, 2.05) is 12.3 Å². The van der Waals surface area contributed by atoms with Crippen molar-refractivity contribution in [2.75, 3.05) is 9.80 Å². The Balaban J connectivity index is 0.00000569. The molecule has 5 nitrogen and oxygen atoms in total. The molecule has 1 aliphatic carbocycles. The van der Waals surface area contributed by atoms with Crippen molar-refractivity contribution in [3.8, 4) is 50.7 Å². The zero-order valence-electron chi connectivity index (χ0n) is 42.3. The van der Waals surface area contributed by atoms with Crippen molar-refractivity contribution >= 4 is 44.6 Å². The molecule has 2 aromatic heterocycles. The summed E-state index contributed by atoms with van der Waals surface area (Å²) in [5.41, 5.74) is 19.1. The van der Waals surface area contributed by atoms with Gasteiger partial charge in [0, 0.05) is 77.9 Å². The number of benzene rings is 9. The fourth-order valence-corrected chi connectivity index (χ4v) is 12.3. The van der Waals surface area contributed by atoms with Crippen LogP contribution in [0, 0.1) is 39.6 Å². The van der Waals surface area contributed by atoms with Crippen LogP contribution in [0.3, 0.4) is 0 Å². The first-order valence-corrected chi connectivity index (χ1v) is 26.0. The van der Waals surface area contributed by atoms with Crippen LogP contribution in [-0.2, 0) is 26.5 Å². The number of aromatic nitrogens is 2. The molecule has 0 amide bonds. The van der Waals surface area contributed by atoms with E-state index in [0.717, 1.165) is 91.0 Å². The number of hydrogen-bond donors (Lipinski definition) is 0. The number of anilines is 4. The Hall–Kier alpha value is -7.98. The van der Waals surface area contributed by atoms with Crippen molar-refractivity contribution < 1.29 is 25.8 Å². The fraction of sp³-hybridized carbons (Fsp3) is 0.130. The summed E-state index contributed by atoms with van der Waals surface area (Å²) < 4.78 is 9.36. The molecule has 0 bridgehead atoms. The van der Waals surface area contributed by atoms with E-state index in [4.69, 9.17) is 9.72 Å². The van der Waals surface area contributed by atoms with E-state index in [1.165, 1.54) is 52.6 Å². The van der Waals surface area contributed by atoms with E-state index >= 15 is 0 Å². The first kappa shape index (κ1) is 48.0. The number of rotatable bonds is 10. The van der Waals surface area contributed by atoms with Gasteiger partial charge < -0.3 is 19.1 Å². The molecule has 370 valence electrons. The second-order valence-corrected chi connectivity index (χ2v) is 20.1. The number of pyridine rings is 1. The van der Waals surface area contributed by atoms with Gasteiger partial charge in [0.2, 0.25) is 0 Å². The number of ether oxygens (including phenoxy) is 1. The van der Waals surface area contributed by atoms with Gasteiger partial charge in [-0.1, -0.05) is 182 Å². The Morgan fingerprint density at radius 2 is 1.15 bits per heavy atom. The molecular weight excluding hydrogens is 1100 g/mol. The van der Waals surface area contributed by atoms with Gasteiger partial charge in [0.25, 0.3) is 0 Å². The van der Waals surface area contributed by atoms with E-state index in [0.29, 0.717) is 11.5 Å². The van der Waals surface area contributed by atoms with Crippen molar-refractivity contribution in [3.63, 3.8) is 0 Å². The summed E-state index contributed by atoms with van der Waals surface area (Å²) in [5, 5.41) is 2.24. The van der Waals surface area contributed by atoms with Gasteiger partial charge in [0.05, 0.1) is 0 Å². The Morgan fingerprint density at radius 3 is 1.84 bits per heavy atom. The van der Waals surface area contributed by atoms with Crippen molar-refractivity contribution in [1.82, 2.24) is 9.55 Å². The minimum atomic E-state index is -0.0690. The van der Waals surface area contributed by atoms with Crippen molar-refractivity contribution in [1.29, 1.82) is 0 Å². The molecule has 1 aliphatic heterocycles. The van der Waals surface area contributed by atoms with Gasteiger partial charge in [0.1, 0.15) is 5.82 Å². The minimum absolute atomic E-state index is 0. The molecule has 13 rings (SSSR count). The first-order valence-electron chi connectivity index (χ1n) is 26.0. The van der Waals surface area contributed by atoms with E-state index in [2.05, 4.69) is 254 Å². The largest absolute Gasteiger partial charge is 0.509 e. The number of fused-ring (bicyclic) bond motifs is 4. The summed E-state index contributed by atoms with van der Waals surface area (Å²) in [5.74, 6) is 2.07. The number of hydrogen-bond acceptors (Lipinski definition) is 4. The number of nitrogens with zero attached hydrogens (tertiary/aromatic N) is 4. The van der Waals surface area contributed by atoms with Crippen LogP contribution >= 0.6 is 0 Å². The molecule has 0 radical (unpaired) electrons. The summed E-state index contributed by atoms with van der Waals surface area (Å²) in [6, 6.07) is 81.7. The normalized spacial score (nSPS) is 14.0. The van der Waals surface area contributed by atoms with Crippen LogP contribution in [0.5, 0.6) is 11.5 Å². The molecule has 6 heteroatoms. The van der Waals surface area contributed by atoms with Crippen LogP contribution in [0.4, 0.5) is 22.7 Å². The van der Waals surface area contributed by atoms with Crippen LogP contribution in [0.2, 0.25) is 0 Å². The van der Waals surface area contributed by atoms with Gasteiger partial charge in [0.15, 0.2) is 0 Å². The Bertz CT molecular complexity index is 3800. The predicted molar refractivity (Wildman–Crippen MR) is 305 cm³/mol. The zero-order chi connectivity index (χ0) is 49.8. The quantitative estimate of drug-likeness (QED) is 0.128. The van der Waals surface area contributed by atoms with Crippen LogP contribution in [-0.4, -0.2) is 9.55 Å². The summed E-state index contributed by atoms with van der Waals surface area (Å²) in [6.07, 6.45) is 7.91. The number of para-hydroxylation sites is 4. The van der Waals surface area contributed by atoms with Gasteiger partial charge >= 0.3 is 0 Å². The van der Waals surface area contributed by atoms with Crippen LogP contribution in [0.15, 0.2) is 212 Å². The third-order valence-corrected chi connectivity index (χ3v) is 15.5. The minimum Gasteiger partial charge on any atom is -0.509 e. The Kier molecular flexibility index (Phi) is 12.8. The molecule has 1 fully saturated rings. The Labute approximate surface area is 455 Å². The SMILES string of the molecule is Cc1cc(C)c(-c2cc(Oc3[c-]c4c(cc3)c3ccccc3n4-c3cc(C4(c5ccccc5)CCCCC4)ccn3)[c-]c(N3[CH-]N(c4c(-c5ccccc5)cccc4-c4ccccc4)c4ccccc43)c2)c(C)c1.[Pt]. The van der Waals surface area contributed by atoms with E-state index < -0.39 is 0 Å². The maximum absolute atomic E-state index is 7.09. The molecule has 0 unspecified atom stereocenters. The maximum atomic E-state index is 7.09. The summed E-state index contributed by atoms with van der Waals surface area (Å²) >= 11 is 0. The maximum Gasteiger partial charge on any atom is 0.135 e. The zero-order valence-corrected chi connectivity index (χ0v) is 44.6. The topological polar surface area (TPSA) is 33.5 Å². The van der Waals surface area contributed by atoms with Gasteiger partial charge in [-0.2, -0.15) is 6.07 Å². The fourth-order valence-electron chi connectivity index (χ4n) is 12.3. The second kappa shape index (κ2) is 20.0. The molecule has 2 aliphatic rings. The predicted octanol–water partition coefficient (Wildman–Crippen LogP) is 18.2. The molecule has 9 aromatic carbocycles. The smallest absolute Gasteiger partial charge is 0.135 e. The van der Waals surface area contributed by atoms with Crippen molar-refractivity contribution in [2.24, 2.45) is 0 Å². The third kappa shape index (κ3) is 8.63. The van der Waals surface area contributed by atoms with Crippen LogP contribution in [0.25, 0.3) is 61.0 Å². The van der Waals surface area contributed by atoms with E-state index in [9.17, 15) is 0 Å². The molecular formula is C69H55N4OPt-3. The standard InChI is InChI=1S/C69H55N4O.Pt/c1-47-39-48(2)67(49(3)40-47)52-41-55(71-46-72(64-32-17-16-31-63(64)71)68-58(50-21-8-4-9-22-50)28-20-29-59(68)51-23-10-5-11-24-51)44-57(42-52)74-56-33-34-61-60-27-14-15-30-62(60)73(65(61)45-56)66-43-54(35-38-70-66)69(36-18-7-19-37-69)53-25-12-6-13-26-53;/h4-6,8-17,20-35,38-43,46H,7,18-19,36-37H2,1-3H3;/q-3;. The second-order valence-electron chi connectivity index (χ2n) is 20.1. The Morgan fingerprint density at radius 1 is 0.520 bits per heavy atom. The summed E-state index contributed by atoms with van der Waals surface area (Å²) in [7, 11) is 0. The summed E-state index contributed by atoms with van der Waals surface area (Å²) in [6.45, 7) is 8.80. The molecule has 1 saturated carbocycles. The van der Waals surface area contributed by atoms with E-state index in [1.54, 1.807) is 0 Å². The van der Waals surface area contributed by atoms with Crippen LogP contribution in [0.1, 0.15) is 59.9 Å². The third-order valence-electron chi connectivity index (χ3n) is 15.5. The van der Waals surface area contributed by atoms with Gasteiger partial charge in [-0.15, -0.1) is 53.6 Å². The summed E-state index contributed by atoms with van der Waals surface area (Å²) in [4.78, 5) is 9.73. The molecule has 0 saturated heterocycles. The monoisotopic (exact) mass is 1150 g/mol. The van der Waals surface area contributed by atoms with Gasteiger partial charge in [-0.05, 0) is 108 Å². The average molecular weight is 1150 g/mol. The van der Waals surface area contributed by atoms with E-state index in [-0.39, 0.29) is 26.5 Å². The molecule has 0 spiro atoms. The molecule has 75 heavy (non-hydrogen) atoms. The van der Waals surface area contributed by atoms with Crippen LogP contribution < -0.4 is 14.5 Å². The molecule has 3 heterocycles. The first-order chi connectivity index (χ1) is 36.4. The molecule has 11 aromatic rings. The average Bonchev–Trinajstić information content (AvgIpc) is 4.03. The number of aryl methyl sites for hydroxylation is 3. The molecule has 0 atom stereocenters. The van der Waals surface area contributed by atoms with Crippen molar-refractivity contribution in [3.05, 3.63) is 259 Å². The van der Waals surface area contributed by atoms with Gasteiger partial charge in [-0.25, -0.2) is 4.98 Å². The molecule has 0 N–H and O–H groups in total. The van der Waals surface area contributed by atoms with Crippen molar-refractivity contribution in [2.45, 2.75) is 58.3 Å².